The van der Waals surface area contributed by atoms with Gasteiger partial charge in [0.15, 0.2) is 5.16 Å². The molecule has 1 aromatic heterocycles. The molecule has 3 aromatic rings. The molecular formula is C23H25N3O2S. The van der Waals surface area contributed by atoms with Gasteiger partial charge >= 0.3 is 0 Å². The van der Waals surface area contributed by atoms with E-state index in [1.807, 2.05) is 44.2 Å². The number of hydrogen-bond acceptors (Lipinski definition) is 4. The monoisotopic (exact) mass is 407 g/mol. The predicted molar refractivity (Wildman–Crippen MR) is 118 cm³/mol. The number of carbonyl (C=O) groups excluding carboxylic acids is 1. The van der Waals surface area contributed by atoms with Crippen molar-refractivity contribution in [3.8, 4) is 5.69 Å². The van der Waals surface area contributed by atoms with E-state index >= 15 is 0 Å². The molecule has 0 saturated heterocycles. The van der Waals surface area contributed by atoms with Crippen molar-refractivity contribution in [1.82, 2.24) is 14.9 Å². The molecule has 1 atom stereocenters. The summed E-state index contributed by atoms with van der Waals surface area (Å²) in [6.07, 6.45) is 2.38. The molecule has 2 aromatic carbocycles. The second kappa shape index (κ2) is 8.03. The van der Waals surface area contributed by atoms with Gasteiger partial charge in [-0.25, -0.2) is 4.98 Å². The molecule has 1 aliphatic carbocycles. The van der Waals surface area contributed by atoms with Crippen LogP contribution in [-0.4, -0.2) is 27.3 Å². The van der Waals surface area contributed by atoms with Crippen LogP contribution < -0.4 is 10.9 Å². The number of para-hydroxylation sites is 1. The van der Waals surface area contributed by atoms with Crippen molar-refractivity contribution < 1.29 is 4.79 Å². The van der Waals surface area contributed by atoms with Crippen molar-refractivity contribution in [3.63, 3.8) is 0 Å². The van der Waals surface area contributed by atoms with E-state index in [0.717, 1.165) is 16.8 Å². The van der Waals surface area contributed by atoms with Gasteiger partial charge in [0.2, 0.25) is 5.91 Å². The Hall–Kier alpha value is -2.60. The molecule has 1 fully saturated rings. The third kappa shape index (κ3) is 4.22. The summed E-state index contributed by atoms with van der Waals surface area (Å²) in [5, 5.41) is 4.18. The molecule has 5 nitrogen and oxygen atoms in total. The van der Waals surface area contributed by atoms with Crippen LogP contribution in [0, 0.1) is 19.8 Å². The number of hydrogen-bond donors (Lipinski definition) is 1. The lowest BCUT2D eigenvalue weighted by atomic mass is 10.1. The maximum atomic E-state index is 13.3. The van der Waals surface area contributed by atoms with Crippen LogP contribution in [-0.2, 0) is 4.79 Å². The Morgan fingerprint density at radius 2 is 2.00 bits per heavy atom. The van der Waals surface area contributed by atoms with E-state index < -0.39 is 0 Å². The summed E-state index contributed by atoms with van der Waals surface area (Å²) in [5.41, 5.74) is 3.46. The predicted octanol–water partition coefficient (Wildman–Crippen LogP) is 4.01. The minimum atomic E-state index is -0.114. The van der Waals surface area contributed by atoms with Gasteiger partial charge in [-0.1, -0.05) is 41.6 Å². The zero-order valence-electron chi connectivity index (χ0n) is 16.9. The molecule has 29 heavy (non-hydrogen) atoms. The quantitative estimate of drug-likeness (QED) is 0.495. The Balaban J connectivity index is 1.71. The van der Waals surface area contributed by atoms with E-state index in [-0.39, 0.29) is 23.3 Å². The lowest BCUT2D eigenvalue weighted by Crippen LogP contribution is -2.35. The molecule has 0 unspecified atom stereocenters. The fraction of sp³-hybridized carbons (Fsp3) is 0.348. The summed E-state index contributed by atoms with van der Waals surface area (Å²) < 4.78 is 1.64. The Kier molecular flexibility index (Phi) is 5.46. The van der Waals surface area contributed by atoms with Crippen molar-refractivity contribution in [3.05, 3.63) is 63.9 Å². The highest BCUT2D eigenvalue weighted by Gasteiger charge is 2.29. The first kappa shape index (κ1) is 19.7. The number of aromatic nitrogens is 2. The normalized spacial score (nSPS) is 14.7. The average Bonchev–Trinajstić information content (AvgIpc) is 3.53. The molecule has 0 spiro atoms. The van der Waals surface area contributed by atoms with E-state index in [4.69, 9.17) is 4.98 Å². The molecule has 1 amide bonds. The Morgan fingerprint density at radius 1 is 1.24 bits per heavy atom. The SMILES string of the molecule is Cc1ccc(-n2c(SCC(=O)N[C@H](C)C3CC3)nc3ccccc3c2=O)c(C)c1. The van der Waals surface area contributed by atoms with Gasteiger partial charge in [-0.3, -0.25) is 14.2 Å². The molecular weight excluding hydrogens is 382 g/mol. The van der Waals surface area contributed by atoms with Crippen molar-refractivity contribution >= 4 is 28.6 Å². The highest BCUT2D eigenvalue weighted by Crippen LogP contribution is 2.32. The van der Waals surface area contributed by atoms with E-state index in [1.165, 1.54) is 24.6 Å². The summed E-state index contributed by atoms with van der Waals surface area (Å²) >= 11 is 1.31. The summed E-state index contributed by atoms with van der Waals surface area (Å²) in [7, 11) is 0. The fourth-order valence-corrected chi connectivity index (χ4v) is 4.43. The van der Waals surface area contributed by atoms with Crippen LogP contribution in [0.1, 0.15) is 30.9 Å². The van der Waals surface area contributed by atoms with Crippen LogP contribution in [0.5, 0.6) is 0 Å². The second-order valence-corrected chi connectivity index (χ2v) is 8.77. The number of thioether (sulfide) groups is 1. The Bertz CT molecular complexity index is 1130. The summed E-state index contributed by atoms with van der Waals surface area (Å²) in [6, 6.07) is 13.5. The number of nitrogens with zero attached hydrogens (tertiary/aromatic N) is 2. The third-order valence-electron chi connectivity index (χ3n) is 5.39. The second-order valence-electron chi connectivity index (χ2n) is 7.82. The molecule has 0 bridgehead atoms. The minimum Gasteiger partial charge on any atom is -0.353 e. The number of nitrogens with one attached hydrogen (secondary N) is 1. The summed E-state index contributed by atoms with van der Waals surface area (Å²) in [5.74, 6) is 0.812. The van der Waals surface area contributed by atoms with E-state index in [1.54, 1.807) is 10.6 Å². The number of amides is 1. The lowest BCUT2D eigenvalue weighted by molar-refractivity contribution is -0.119. The van der Waals surface area contributed by atoms with Gasteiger partial charge in [0.1, 0.15) is 0 Å². The van der Waals surface area contributed by atoms with Gasteiger partial charge in [-0.2, -0.15) is 0 Å². The van der Waals surface area contributed by atoms with Gasteiger partial charge in [0.25, 0.3) is 5.56 Å². The number of benzene rings is 2. The molecule has 6 heteroatoms. The van der Waals surface area contributed by atoms with Gasteiger partial charge < -0.3 is 5.32 Å². The first-order chi connectivity index (χ1) is 13.9. The molecule has 0 aliphatic heterocycles. The first-order valence-electron chi connectivity index (χ1n) is 9.95. The molecule has 1 saturated carbocycles. The van der Waals surface area contributed by atoms with Crippen LogP contribution in [0.4, 0.5) is 0 Å². The van der Waals surface area contributed by atoms with Gasteiger partial charge in [-0.15, -0.1) is 0 Å². The van der Waals surface area contributed by atoms with Crippen LogP contribution in [0.15, 0.2) is 52.4 Å². The topological polar surface area (TPSA) is 64.0 Å². The number of fused-ring (bicyclic) bond motifs is 1. The van der Waals surface area contributed by atoms with Crippen LogP contribution in [0.25, 0.3) is 16.6 Å². The fourth-order valence-electron chi connectivity index (χ4n) is 3.62. The number of aryl methyl sites for hydroxylation is 2. The maximum Gasteiger partial charge on any atom is 0.266 e. The molecule has 0 radical (unpaired) electrons. The average molecular weight is 408 g/mol. The van der Waals surface area contributed by atoms with Crippen molar-refractivity contribution in [1.29, 1.82) is 0 Å². The zero-order chi connectivity index (χ0) is 20.5. The van der Waals surface area contributed by atoms with Crippen LogP contribution in [0.3, 0.4) is 0 Å². The van der Waals surface area contributed by atoms with Gasteiger partial charge in [-0.05, 0) is 63.3 Å². The summed E-state index contributed by atoms with van der Waals surface area (Å²) in [4.78, 5) is 30.5. The highest BCUT2D eigenvalue weighted by atomic mass is 32.2. The Labute approximate surface area is 174 Å². The molecule has 1 N–H and O–H groups in total. The van der Waals surface area contributed by atoms with Crippen LogP contribution in [0.2, 0.25) is 0 Å². The zero-order valence-corrected chi connectivity index (χ0v) is 17.8. The van der Waals surface area contributed by atoms with Gasteiger partial charge in [0, 0.05) is 6.04 Å². The maximum absolute atomic E-state index is 13.3. The Morgan fingerprint density at radius 3 is 2.72 bits per heavy atom. The molecule has 150 valence electrons. The van der Waals surface area contributed by atoms with Crippen molar-refractivity contribution in [2.45, 2.75) is 44.8 Å². The molecule has 1 aliphatic rings. The third-order valence-corrected chi connectivity index (χ3v) is 6.33. The molecule has 4 rings (SSSR count). The van der Waals surface area contributed by atoms with Gasteiger partial charge in [0.05, 0.1) is 22.3 Å². The van der Waals surface area contributed by atoms with Crippen LogP contribution >= 0.6 is 11.8 Å². The minimum absolute atomic E-state index is 0.0241. The largest absolute Gasteiger partial charge is 0.353 e. The lowest BCUT2D eigenvalue weighted by Gasteiger charge is -2.16. The van der Waals surface area contributed by atoms with E-state index in [2.05, 4.69) is 18.3 Å². The number of rotatable bonds is 6. The standard InChI is InChI=1S/C23H25N3O2S/c1-14-8-11-20(15(2)12-14)26-22(28)18-6-4-5-7-19(18)25-23(26)29-13-21(27)24-16(3)17-9-10-17/h4-8,11-12,16-17H,9-10,13H2,1-3H3,(H,24,27)/t16-/m1/s1. The smallest absolute Gasteiger partial charge is 0.266 e. The summed E-state index contributed by atoms with van der Waals surface area (Å²) in [6.45, 7) is 6.07. The first-order valence-corrected chi connectivity index (χ1v) is 10.9. The molecule has 1 heterocycles. The van der Waals surface area contributed by atoms with Crippen molar-refractivity contribution in [2.75, 3.05) is 5.75 Å². The van der Waals surface area contributed by atoms with E-state index in [9.17, 15) is 9.59 Å². The number of carbonyl (C=O) groups is 1. The van der Waals surface area contributed by atoms with Crippen molar-refractivity contribution in [2.24, 2.45) is 5.92 Å². The van der Waals surface area contributed by atoms with E-state index in [0.29, 0.717) is 22.0 Å². The highest BCUT2D eigenvalue weighted by molar-refractivity contribution is 7.99.